The average Bonchev–Trinajstić information content (AvgIpc) is 2.85. The van der Waals surface area contributed by atoms with Crippen LogP contribution in [0.4, 0.5) is 5.69 Å². The van der Waals surface area contributed by atoms with Crippen LogP contribution >= 0.6 is 11.6 Å². The van der Waals surface area contributed by atoms with E-state index in [0.29, 0.717) is 5.15 Å². The van der Waals surface area contributed by atoms with Gasteiger partial charge in [0.1, 0.15) is 10.9 Å². The number of rotatable bonds is 3. The average molecular weight is 261 g/mol. The number of nitrogens with zero attached hydrogens (tertiary/aromatic N) is 1. The van der Waals surface area contributed by atoms with E-state index in [-0.39, 0.29) is 0 Å². The van der Waals surface area contributed by atoms with Gasteiger partial charge in [-0.25, -0.2) is 4.98 Å². The molecule has 1 aromatic carbocycles. The first kappa shape index (κ1) is 11.4. The van der Waals surface area contributed by atoms with Crippen LogP contribution in [0.1, 0.15) is 11.1 Å². The molecule has 18 heavy (non-hydrogen) atoms. The molecule has 0 aliphatic carbocycles. The van der Waals surface area contributed by atoms with Crippen molar-refractivity contribution in [1.29, 1.82) is 0 Å². The number of ether oxygens (including phenoxy) is 1. The van der Waals surface area contributed by atoms with Crippen LogP contribution in [0, 0.1) is 0 Å². The molecule has 2 aromatic rings. The molecule has 0 fully saturated rings. The quantitative estimate of drug-likeness (QED) is 0.860. The summed E-state index contributed by atoms with van der Waals surface area (Å²) in [6.45, 7) is 1.57. The zero-order valence-electron chi connectivity index (χ0n) is 9.82. The maximum absolute atomic E-state index is 5.74. The monoisotopic (exact) mass is 260 g/mol. The predicted octanol–water partition coefficient (Wildman–Crippen LogP) is 3.28. The van der Waals surface area contributed by atoms with E-state index >= 15 is 0 Å². The number of hydrogen-bond donors (Lipinski definition) is 1. The van der Waals surface area contributed by atoms with Crippen LogP contribution in [0.25, 0.3) is 0 Å². The fraction of sp³-hybridized carbons (Fsp3) is 0.214. The molecule has 0 spiro atoms. The van der Waals surface area contributed by atoms with Gasteiger partial charge in [-0.1, -0.05) is 23.7 Å². The fourth-order valence-electron chi connectivity index (χ4n) is 2.03. The van der Waals surface area contributed by atoms with E-state index in [0.717, 1.165) is 31.0 Å². The summed E-state index contributed by atoms with van der Waals surface area (Å²) in [4.78, 5) is 4.03. The summed E-state index contributed by atoms with van der Waals surface area (Å²) in [6, 6.07) is 10.0. The van der Waals surface area contributed by atoms with E-state index in [9.17, 15) is 0 Å². The van der Waals surface area contributed by atoms with Crippen molar-refractivity contribution in [2.24, 2.45) is 0 Å². The minimum absolute atomic E-state index is 0.509. The molecule has 1 aliphatic rings. The summed E-state index contributed by atoms with van der Waals surface area (Å²) in [5.74, 6) is 1.02. The van der Waals surface area contributed by atoms with Gasteiger partial charge in [-0.05, 0) is 29.3 Å². The molecular formula is C14H13ClN2O. The Morgan fingerprint density at radius 2 is 2.22 bits per heavy atom. The molecular weight excluding hydrogens is 248 g/mol. The number of aromatic nitrogens is 1. The maximum atomic E-state index is 5.74. The Labute approximate surface area is 111 Å². The van der Waals surface area contributed by atoms with Crippen LogP contribution in [0.15, 0.2) is 36.5 Å². The van der Waals surface area contributed by atoms with E-state index < -0.39 is 0 Å². The van der Waals surface area contributed by atoms with Gasteiger partial charge in [0.25, 0.3) is 0 Å². The third-order valence-electron chi connectivity index (χ3n) is 2.98. The van der Waals surface area contributed by atoms with Gasteiger partial charge in [0.05, 0.1) is 18.5 Å². The first-order valence-electron chi connectivity index (χ1n) is 5.91. The van der Waals surface area contributed by atoms with Crippen molar-refractivity contribution >= 4 is 17.3 Å². The molecule has 4 heteroatoms. The van der Waals surface area contributed by atoms with Crippen molar-refractivity contribution in [3.8, 4) is 5.75 Å². The van der Waals surface area contributed by atoms with Crippen molar-refractivity contribution in [3.63, 3.8) is 0 Å². The van der Waals surface area contributed by atoms with E-state index in [2.05, 4.69) is 22.4 Å². The normalized spacial score (nSPS) is 12.9. The van der Waals surface area contributed by atoms with Crippen molar-refractivity contribution in [3.05, 3.63) is 52.8 Å². The molecule has 0 saturated carbocycles. The van der Waals surface area contributed by atoms with Gasteiger partial charge >= 0.3 is 0 Å². The van der Waals surface area contributed by atoms with Gasteiger partial charge in [-0.15, -0.1) is 0 Å². The number of benzene rings is 1. The van der Waals surface area contributed by atoms with Gasteiger partial charge in [0.15, 0.2) is 0 Å². The second-order valence-corrected chi connectivity index (χ2v) is 4.65. The smallest absolute Gasteiger partial charge is 0.129 e. The molecule has 1 aromatic heterocycles. The minimum atomic E-state index is 0.509. The third-order valence-corrected chi connectivity index (χ3v) is 3.20. The summed E-state index contributed by atoms with van der Waals surface area (Å²) < 4.78 is 5.48. The van der Waals surface area contributed by atoms with Crippen molar-refractivity contribution in [1.82, 2.24) is 4.98 Å². The maximum Gasteiger partial charge on any atom is 0.129 e. The highest BCUT2D eigenvalue weighted by Crippen LogP contribution is 2.26. The Balaban J connectivity index is 1.68. The molecule has 0 unspecified atom stereocenters. The molecule has 2 heterocycles. The molecule has 92 valence electrons. The third kappa shape index (κ3) is 2.41. The second kappa shape index (κ2) is 4.86. The predicted molar refractivity (Wildman–Crippen MR) is 72.2 cm³/mol. The first-order chi connectivity index (χ1) is 8.81. The molecule has 0 radical (unpaired) electrons. The molecule has 0 amide bonds. The molecule has 0 bridgehead atoms. The number of halogens is 1. The standard InChI is InChI=1S/C14H13ClN2O/c15-14-4-2-12(9-17-14)16-8-10-1-3-13-11(7-10)5-6-18-13/h1-4,7,9,16H,5-6,8H2. The van der Waals surface area contributed by atoms with Gasteiger partial charge in [-0.2, -0.15) is 0 Å². The van der Waals surface area contributed by atoms with Crippen LogP contribution in [0.3, 0.4) is 0 Å². The van der Waals surface area contributed by atoms with Crippen LogP contribution in [-0.4, -0.2) is 11.6 Å². The molecule has 3 rings (SSSR count). The van der Waals surface area contributed by atoms with Gasteiger partial charge < -0.3 is 10.1 Å². The first-order valence-corrected chi connectivity index (χ1v) is 6.29. The Morgan fingerprint density at radius 3 is 3.06 bits per heavy atom. The summed E-state index contributed by atoms with van der Waals surface area (Å²) in [5.41, 5.74) is 3.51. The fourth-order valence-corrected chi connectivity index (χ4v) is 2.15. The van der Waals surface area contributed by atoms with Crippen LogP contribution in [0.2, 0.25) is 5.15 Å². The second-order valence-electron chi connectivity index (χ2n) is 4.26. The van der Waals surface area contributed by atoms with E-state index in [4.69, 9.17) is 16.3 Å². The number of pyridine rings is 1. The lowest BCUT2D eigenvalue weighted by atomic mass is 10.1. The number of fused-ring (bicyclic) bond motifs is 1. The lowest BCUT2D eigenvalue weighted by Crippen LogP contribution is -2.00. The van der Waals surface area contributed by atoms with Crippen LogP contribution < -0.4 is 10.1 Å². The molecule has 1 aliphatic heterocycles. The van der Waals surface area contributed by atoms with Crippen LogP contribution in [0.5, 0.6) is 5.75 Å². The zero-order valence-corrected chi connectivity index (χ0v) is 10.6. The zero-order chi connectivity index (χ0) is 12.4. The summed E-state index contributed by atoms with van der Waals surface area (Å²) in [5, 5.41) is 3.83. The summed E-state index contributed by atoms with van der Waals surface area (Å²) >= 11 is 5.74. The van der Waals surface area contributed by atoms with E-state index in [1.54, 1.807) is 12.3 Å². The molecule has 0 saturated heterocycles. The Hall–Kier alpha value is -1.74. The lowest BCUT2D eigenvalue weighted by molar-refractivity contribution is 0.357. The SMILES string of the molecule is Clc1ccc(NCc2ccc3c(c2)CCO3)cn1. The summed E-state index contributed by atoms with van der Waals surface area (Å²) in [7, 11) is 0. The highest BCUT2D eigenvalue weighted by Gasteiger charge is 2.11. The van der Waals surface area contributed by atoms with Gasteiger partial charge in [0.2, 0.25) is 0 Å². The number of anilines is 1. The summed E-state index contributed by atoms with van der Waals surface area (Å²) in [6.07, 6.45) is 2.74. The Kier molecular flexibility index (Phi) is 3.07. The topological polar surface area (TPSA) is 34.1 Å². The minimum Gasteiger partial charge on any atom is -0.493 e. The van der Waals surface area contributed by atoms with E-state index in [1.165, 1.54) is 11.1 Å². The Morgan fingerprint density at radius 1 is 1.28 bits per heavy atom. The highest BCUT2D eigenvalue weighted by molar-refractivity contribution is 6.29. The molecule has 1 N–H and O–H groups in total. The Bertz CT molecular complexity index is 554. The highest BCUT2D eigenvalue weighted by atomic mass is 35.5. The van der Waals surface area contributed by atoms with Gasteiger partial charge in [0, 0.05) is 13.0 Å². The van der Waals surface area contributed by atoms with E-state index in [1.807, 2.05) is 12.1 Å². The van der Waals surface area contributed by atoms with Crippen molar-refractivity contribution in [2.45, 2.75) is 13.0 Å². The lowest BCUT2D eigenvalue weighted by Gasteiger charge is -2.07. The number of hydrogen-bond acceptors (Lipinski definition) is 3. The van der Waals surface area contributed by atoms with Crippen molar-refractivity contribution in [2.75, 3.05) is 11.9 Å². The van der Waals surface area contributed by atoms with Crippen LogP contribution in [-0.2, 0) is 13.0 Å². The molecule has 0 atom stereocenters. The van der Waals surface area contributed by atoms with Gasteiger partial charge in [-0.3, -0.25) is 0 Å². The van der Waals surface area contributed by atoms with Crippen molar-refractivity contribution < 1.29 is 4.74 Å². The molecule has 3 nitrogen and oxygen atoms in total. The number of nitrogens with one attached hydrogen (secondary N) is 1. The largest absolute Gasteiger partial charge is 0.493 e.